The summed E-state index contributed by atoms with van der Waals surface area (Å²) in [5, 5.41) is 2.79. The molecular formula is C14H14N4OS. The van der Waals surface area contributed by atoms with E-state index < -0.39 is 0 Å². The second-order valence-corrected chi connectivity index (χ2v) is 5.16. The molecule has 0 radical (unpaired) electrons. The van der Waals surface area contributed by atoms with Crippen LogP contribution in [0.4, 0.5) is 5.95 Å². The molecule has 0 saturated heterocycles. The minimum atomic E-state index is 0.473. The van der Waals surface area contributed by atoms with Gasteiger partial charge in [-0.25, -0.2) is 9.97 Å². The normalized spacial score (nSPS) is 10.7. The van der Waals surface area contributed by atoms with Crippen molar-refractivity contribution in [2.45, 2.75) is 6.54 Å². The average Bonchev–Trinajstić information content (AvgIpc) is 3.10. The molecule has 0 atom stereocenters. The topological polar surface area (TPSA) is 66.0 Å². The summed E-state index contributed by atoms with van der Waals surface area (Å²) < 4.78 is 7.25. The van der Waals surface area contributed by atoms with Crippen molar-refractivity contribution >= 4 is 17.3 Å². The van der Waals surface area contributed by atoms with Gasteiger partial charge in [0.25, 0.3) is 0 Å². The molecule has 5 nitrogen and oxygen atoms in total. The monoisotopic (exact) mass is 286 g/mol. The molecular weight excluding hydrogens is 272 g/mol. The van der Waals surface area contributed by atoms with Crippen LogP contribution in [0.15, 0.2) is 42.0 Å². The minimum Gasteiger partial charge on any atom is -0.496 e. The number of imidazole rings is 1. The summed E-state index contributed by atoms with van der Waals surface area (Å²) in [5.74, 6) is 1.32. The van der Waals surface area contributed by atoms with E-state index in [-0.39, 0.29) is 0 Å². The predicted molar refractivity (Wildman–Crippen MR) is 79.8 cm³/mol. The number of thiazole rings is 1. The fraction of sp³-hybridized carbons (Fsp3) is 0.143. The second-order valence-electron chi connectivity index (χ2n) is 4.26. The highest BCUT2D eigenvalue weighted by atomic mass is 32.1. The van der Waals surface area contributed by atoms with Gasteiger partial charge >= 0.3 is 0 Å². The van der Waals surface area contributed by atoms with E-state index in [2.05, 4.69) is 9.97 Å². The molecule has 3 rings (SSSR count). The van der Waals surface area contributed by atoms with E-state index in [0.29, 0.717) is 12.5 Å². The Hall–Kier alpha value is -2.34. The third-order valence-corrected chi connectivity index (χ3v) is 3.79. The van der Waals surface area contributed by atoms with Crippen LogP contribution in [-0.2, 0) is 6.54 Å². The van der Waals surface area contributed by atoms with Crippen molar-refractivity contribution in [3.63, 3.8) is 0 Å². The number of nitrogens with zero attached hydrogens (tertiary/aromatic N) is 3. The fourth-order valence-corrected chi connectivity index (χ4v) is 2.62. The summed E-state index contributed by atoms with van der Waals surface area (Å²) >= 11 is 1.54. The van der Waals surface area contributed by atoms with Crippen LogP contribution in [0.25, 0.3) is 10.7 Å². The molecule has 20 heavy (non-hydrogen) atoms. The Morgan fingerprint density at radius 3 is 2.95 bits per heavy atom. The Morgan fingerprint density at radius 1 is 1.35 bits per heavy atom. The van der Waals surface area contributed by atoms with E-state index in [1.807, 2.05) is 40.4 Å². The molecule has 0 unspecified atom stereocenters. The highest BCUT2D eigenvalue weighted by Crippen LogP contribution is 2.24. The van der Waals surface area contributed by atoms with Gasteiger partial charge in [0.2, 0.25) is 5.95 Å². The first kappa shape index (κ1) is 12.7. The number of methoxy groups -OCH3 is 1. The molecule has 0 aliphatic carbocycles. The Bertz CT molecular complexity index is 706. The lowest BCUT2D eigenvalue weighted by Crippen LogP contribution is -2.04. The van der Waals surface area contributed by atoms with E-state index in [9.17, 15) is 0 Å². The summed E-state index contributed by atoms with van der Waals surface area (Å²) in [4.78, 5) is 8.60. The van der Waals surface area contributed by atoms with Crippen LogP contribution in [0, 0.1) is 0 Å². The number of aromatic nitrogens is 3. The van der Waals surface area contributed by atoms with E-state index in [4.69, 9.17) is 10.5 Å². The number of hydrogen-bond acceptors (Lipinski definition) is 5. The summed E-state index contributed by atoms with van der Waals surface area (Å²) in [6.45, 7) is 0.619. The van der Waals surface area contributed by atoms with E-state index >= 15 is 0 Å². The van der Waals surface area contributed by atoms with Gasteiger partial charge in [-0.15, -0.1) is 11.3 Å². The summed E-state index contributed by atoms with van der Waals surface area (Å²) in [6.07, 6.45) is 3.68. The first-order valence-corrected chi connectivity index (χ1v) is 7.00. The van der Waals surface area contributed by atoms with Crippen LogP contribution in [0.3, 0.4) is 0 Å². The van der Waals surface area contributed by atoms with Crippen molar-refractivity contribution in [1.29, 1.82) is 0 Å². The summed E-state index contributed by atoms with van der Waals surface area (Å²) in [6, 6.07) is 7.87. The van der Waals surface area contributed by atoms with E-state index in [0.717, 1.165) is 22.0 Å². The third-order valence-electron chi connectivity index (χ3n) is 2.99. The number of benzene rings is 1. The maximum atomic E-state index is 5.97. The Labute approximate surface area is 120 Å². The Balaban J connectivity index is 1.92. The van der Waals surface area contributed by atoms with Gasteiger partial charge in [0.15, 0.2) is 0 Å². The lowest BCUT2D eigenvalue weighted by atomic mass is 10.2. The third kappa shape index (κ3) is 2.37. The van der Waals surface area contributed by atoms with E-state index in [1.165, 1.54) is 0 Å². The molecule has 0 fully saturated rings. The van der Waals surface area contributed by atoms with Gasteiger partial charge in [0, 0.05) is 23.3 Å². The van der Waals surface area contributed by atoms with E-state index in [1.54, 1.807) is 24.6 Å². The lowest BCUT2D eigenvalue weighted by Gasteiger charge is -2.09. The Morgan fingerprint density at radius 2 is 2.20 bits per heavy atom. The number of nitrogen functional groups attached to an aromatic ring is 1. The van der Waals surface area contributed by atoms with Crippen LogP contribution in [0.5, 0.6) is 5.75 Å². The van der Waals surface area contributed by atoms with Crippen molar-refractivity contribution in [2.75, 3.05) is 12.8 Å². The SMILES string of the molecule is COc1ccccc1Cn1cc(-c2nccs2)nc1N. The number of hydrogen-bond donors (Lipinski definition) is 1. The molecule has 0 bridgehead atoms. The van der Waals surface area contributed by atoms with Gasteiger partial charge in [-0.2, -0.15) is 0 Å². The minimum absolute atomic E-state index is 0.473. The quantitative estimate of drug-likeness (QED) is 0.800. The largest absolute Gasteiger partial charge is 0.496 e. The average molecular weight is 286 g/mol. The molecule has 0 amide bonds. The molecule has 2 heterocycles. The molecule has 0 aliphatic rings. The highest BCUT2D eigenvalue weighted by Gasteiger charge is 2.11. The molecule has 2 aromatic heterocycles. The molecule has 2 N–H and O–H groups in total. The van der Waals surface area contributed by atoms with Crippen LogP contribution in [0.2, 0.25) is 0 Å². The highest BCUT2D eigenvalue weighted by molar-refractivity contribution is 7.13. The zero-order chi connectivity index (χ0) is 13.9. The molecule has 0 aliphatic heterocycles. The number of rotatable bonds is 4. The van der Waals surface area contributed by atoms with Crippen molar-refractivity contribution < 1.29 is 4.74 Å². The lowest BCUT2D eigenvalue weighted by molar-refractivity contribution is 0.408. The maximum Gasteiger partial charge on any atom is 0.201 e. The van der Waals surface area contributed by atoms with Crippen molar-refractivity contribution in [2.24, 2.45) is 0 Å². The zero-order valence-electron chi connectivity index (χ0n) is 11.0. The smallest absolute Gasteiger partial charge is 0.201 e. The fourth-order valence-electron chi connectivity index (χ4n) is 2.03. The van der Waals surface area contributed by atoms with Gasteiger partial charge in [0.05, 0.1) is 13.7 Å². The first-order valence-electron chi connectivity index (χ1n) is 6.12. The molecule has 102 valence electrons. The van der Waals surface area contributed by atoms with Gasteiger partial charge in [0.1, 0.15) is 16.5 Å². The Kier molecular flexibility index (Phi) is 3.39. The number of ether oxygens (including phenoxy) is 1. The number of nitrogens with two attached hydrogens (primary N) is 1. The predicted octanol–water partition coefficient (Wildman–Crippen LogP) is 2.65. The van der Waals surface area contributed by atoms with Crippen LogP contribution >= 0.6 is 11.3 Å². The van der Waals surface area contributed by atoms with Gasteiger partial charge in [-0.1, -0.05) is 18.2 Å². The summed E-state index contributed by atoms with van der Waals surface area (Å²) in [7, 11) is 1.66. The van der Waals surface area contributed by atoms with Crippen molar-refractivity contribution in [1.82, 2.24) is 14.5 Å². The number of anilines is 1. The zero-order valence-corrected chi connectivity index (χ0v) is 11.8. The standard InChI is InChI=1S/C14H14N4OS/c1-19-12-5-3-2-4-10(12)8-18-9-11(17-14(18)15)13-16-6-7-20-13/h2-7,9H,8H2,1H3,(H2,15,17). The number of para-hydroxylation sites is 1. The molecule has 6 heteroatoms. The van der Waals surface area contributed by atoms with Crippen LogP contribution in [-0.4, -0.2) is 21.6 Å². The summed E-state index contributed by atoms with van der Waals surface area (Å²) in [5.41, 5.74) is 7.83. The van der Waals surface area contributed by atoms with Crippen LogP contribution < -0.4 is 10.5 Å². The maximum absolute atomic E-state index is 5.97. The van der Waals surface area contributed by atoms with Crippen molar-refractivity contribution in [3.8, 4) is 16.5 Å². The van der Waals surface area contributed by atoms with Gasteiger partial charge in [-0.3, -0.25) is 0 Å². The van der Waals surface area contributed by atoms with Gasteiger partial charge < -0.3 is 15.0 Å². The second kappa shape index (κ2) is 5.34. The van der Waals surface area contributed by atoms with Crippen LogP contribution in [0.1, 0.15) is 5.56 Å². The van der Waals surface area contributed by atoms with Gasteiger partial charge in [-0.05, 0) is 6.07 Å². The molecule has 0 spiro atoms. The molecule has 0 saturated carbocycles. The first-order chi connectivity index (χ1) is 9.78. The molecule has 3 aromatic rings. The van der Waals surface area contributed by atoms with Crippen molar-refractivity contribution in [3.05, 3.63) is 47.6 Å². The molecule has 1 aromatic carbocycles.